The van der Waals surface area contributed by atoms with Crippen LogP contribution in [-0.2, 0) is 13.5 Å². The van der Waals surface area contributed by atoms with Crippen LogP contribution < -0.4 is 4.74 Å². The molecule has 3 rings (SSSR count). The number of rotatable bonds is 10. The largest absolute Gasteiger partial charge is 0.480 e. The minimum atomic E-state index is 0.147. The van der Waals surface area contributed by atoms with E-state index in [-0.39, 0.29) is 12.5 Å². The van der Waals surface area contributed by atoms with Crippen molar-refractivity contribution in [1.29, 1.82) is 0 Å². The van der Waals surface area contributed by atoms with E-state index < -0.39 is 0 Å². The van der Waals surface area contributed by atoms with E-state index in [4.69, 9.17) is 14.7 Å². The maximum atomic E-state index is 10.1. The number of methoxy groups -OCH3 is 1. The van der Waals surface area contributed by atoms with Gasteiger partial charge < -0.3 is 14.4 Å². The van der Waals surface area contributed by atoms with Crippen molar-refractivity contribution in [1.82, 2.24) is 14.5 Å². The van der Waals surface area contributed by atoms with Crippen molar-refractivity contribution in [3.05, 3.63) is 41.2 Å². The van der Waals surface area contributed by atoms with Crippen LogP contribution >= 0.6 is 0 Å². The first-order valence-corrected chi connectivity index (χ1v) is 12.6. The van der Waals surface area contributed by atoms with Gasteiger partial charge >= 0.3 is 0 Å². The van der Waals surface area contributed by atoms with Crippen molar-refractivity contribution in [2.24, 2.45) is 7.05 Å². The molecule has 0 saturated carbocycles. The third-order valence-corrected chi connectivity index (χ3v) is 6.18. The van der Waals surface area contributed by atoms with Crippen molar-refractivity contribution in [2.45, 2.75) is 85.5 Å². The molecule has 1 N–H and O–H groups in total. The lowest BCUT2D eigenvalue weighted by Crippen LogP contribution is -2.04. The molecular formula is C28H43N3O2. The predicted molar refractivity (Wildman–Crippen MR) is 139 cm³/mol. The van der Waals surface area contributed by atoms with Crippen LogP contribution in [0.5, 0.6) is 5.88 Å². The molecule has 3 aromatic rings. The Morgan fingerprint density at radius 2 is 1.82 bits per heavy atom. The summed E-state index contributed by atoms with van der Waals surface area (Å²) in [6.07, 6.45) is 7.52. The number of aliphatic hydroxyl groups is 1. The van der Waals surface area contributed by atoms with E-state index in [1.165, 1.54) is 24.0 Å². The molecule has 0 bridgehead atoms. The molecule has 0 fully saturated rings. The summed E-state index contributed by atoms with van der Waals surface area (Å²) in [4.78, 5) is 9.83. The van der Waals surface area contributed by atoms with E-state index in [0.29, 0.717) is 11.8 Å². The maximum Gasteiger partial charge on any atom is 0.222 e. The molecule has 1 atom stereocenters. The summed E-state index contributed by atoms with van der Waals surface area (Å²) >= 11 is 0. The van der Waals surface area contributed by atoms with Crippen LogP contribution in [0.25, 0.3) is 22.3 Å². The molecule has 3 aromatic heterocycles. The van der Waals surface area contributed by atoms with Crippen molar-refractivity contribution >= 4 is 11.0 Å². The first-order valence-electron chi connectivity index (χ1n) is 12.6. The summed E-state index contributed by atoms with van der Waals surface area (Å²) in [6, 6.07) is 6.41. The molecule has 0 amide bonds. The van der Waals surface area contributed by atoms with Crippen LogP contribution in [0.3, 0.4) is 0 Å². The van der Waals surface area contributed by atoms with Crippen LogP contribution in [0.15, 0.2) is 24.4 Å². The van der Waals surface area contributed by atoms with E-state index in [1.807, 2.05) is 20.9 Å². The van der Waals surface area contributed by atoms with Gasteiger partial charge in [-0.1, -0.05) is 60.8 Å². The zero-order chi connectivity index (χ0) is 24.5. The average Bonchev–Trinajstić information content (AvgIpc) is 3.16. The van der Waals surface area contributed by atoms with Gasteiger partial charge in [-0.25, -0.2) is 9.97 Å². The zero-order valence-electron chi connectivity index (χ0n) is 21.9. The monoisotopic (exact) mass is 453 g/mol. The van der Waals surface area contributed by atoms with Gasteiger partial charge in [-0.15, -0.1) is 0 Å². The van der Waals surface area contributed by atoms with Crippen molar-refractivity contribution in [2.75, 3.05) is 13.7 Å². The fraction of sp³-hybridized carbons (Fsp3) is 0.571. The Hall–Kier alpha value is -2.40. The minimum absolute atomic E-state index is 0.147. The molecule has 0 spiro atoms. The van der Waals surface area contributed by atoms with Crippen molar-refractivity contribution in [3.63, 3.8) is 0 Å². The van der Waals surface area contributed by atoms with Gasteiger partial charge in [0, 0.05) is 30.2 Å². The van der Waals surface area contributed by atoms with E-state index in [0.717, 1.165) is 47.2 Å². The molecule has 182 valence electrons. The molecule has 0 aliphatic rings. The number of aliphatic hydroxyl groups excluding tert-OH is 1. The summed E-state index contributed by atoms with van der Waals surface area (Å²) in [5, 5.41) is 11.2. The number of nitrogens with zero attached hydrogens (tertiary/aromatic N) is 3. The second kappa shape index (κ2) is 12.7. The normalized spacial score (nSPS) is 12.1. The first kappa shape index (κ1) is 26.8. The lowest BCUT2D eigenvalue weighted by atomic mass is 9.93. The molecule has 5 heteroatoms. The second-order valence-corrected chi connectivity index (χ2v) is 8.74. The van der Waals surface area contributed by atoms with Crippen LogP contribution in [0.1, 0.15) is 95.9 Å². The summed E-state index contributed by atoms with van der Waals surface area (Å²) in [6.45, 7) is 12.8. The average molecular weight is 454 g/mol. The summed E-state index contributed by atoms with van der Waals surface area (Å²) in [5.74, 6) is 1.10. The molecule has 0 unspecified atom stereocenters. The quantitative estimate of drug-likeness (QED) is 0.335. The second-order valence-electron chi connectivity index (χ2n) is 8.74. The Morgan fingerprint density at radius 3 is 2.39 bits per heavy atom. The zero-order valence-corrected chi connectivity index (χ0v) is 21.9. The number of aryl methyl sites for hydroxylation is 2. The lowest BCUT2D eigenvalue weighted by Gasteiger charge is -2.15. The van der Waals surface area contributed by atoms with Gasteiger partial charge in [-0.2, -0.15) is 0 Å². The minimum Gasteiger partial charge on any atom is -0.480 e. The van der Waals surface area contributed by atoms with Crippen LogP contribution in [0.4, 0.5) is 0 Å². The molecule has 33 heavy (non-hydrogen) atoms. The lowest BCUT2D eigenvalue weighted by molar-refractivity contribution is 0.257. The Bertz CT molecular complexity index is 1020. The van der Waals surface area contributed by atoms with Crippen molar-refractivity contribution in [3.8, 4) is 17.1 Å². The highest BCUT2D eigenvalue weighted by atomic mass is 16.5. The van der Waals surface area contributed by atoms with E-state index in [9.17, 15) is 5.11 Å². The van der Waals surface area contributed by atoms with Gasteiger partial charge in [-0.05, 0) is 48.1 Å². The first-order chi connectivity index (χ1) is 15.9. The summed E-state index contributed by atoms with van der Waals surface area (Å²) < 4.78 is 7.74. The predicted octanol–water partition coefficient (Wildman–Crippen LogP) is 7.01. The van der Waals surface area contributed by atoms with E-state index >= 15 is 0 Å². The number of fused-ring (bicyclic) bond motifs is 1. The number of hydrogen-bond donors (Lipinski definition) is 1. The van der Waals surface area contributed by atoms with Gasteiger partial charge in [0.05, 0.1) is 25.0 Å². The maximum absolute atomic E-state index is 10.1. The van der Waals surface area contributed by atoms with E-state index in [1.54, 1.807) is 7.11 Å². The van der Waals surface area contributed by atoms with Crippen LogP contribution in [0, 0.1) is 0 Å². The summed E-state index contributed by atoms with van der Waals surface area (Å²) in [5.41, 5.74) is 6.17. The number of hydrogen-bond acceptors (Lipinski definition) is 4. The Balaban J connectivity index is 0.00000187. The molecule has 0 saturated heterocycles. The molecular weight excluding hydrogens is 410 g/mol. The Labute approximate surface area is 200 Å². The molecule has 0 radical (unpaired) electrons. The van der Waals surface area contributed by atoms with Crippen LogP contribution in [-0.4, -0.2) is 33.4 Å². The Morgan fingerprint density at radius 1 is 1.09 bits per heavy atom. The molecule has 3 heterocycles. The number of pyridine rings is 2. The van der Waals surface area contributed by atoms with Crippen molar-refractivity contribution < 1.29 is 9.84 Å². The smallest absolute Gasteiger partial charge is 0.222 e. The molecule has 0 aromatic carbocycles. The number of aromatic nitrogens is 3. The van der Waals surface area contributed by atoms with Gasteiger partial charge in [0.25, 0.3) is 0 Å². The number of unbranched alkanes of at least 4 members (excludes halogenated alkanes) is 2. The van der Waals surface area contributed by atoms with Gasteiger partial charge in [0.2, 0.25) is 5.88 Å². The topological polar surface area (TPSA) is 60.2 Å². The fourth-order valence-electron chi connectivity index (χ4n) is 4.29. The summed E-state index contributed by atoms with van der Waals surface area (Å²) in [7, 11) is 3.70. The standard InChI is InChI=1S/C26H37N3O2.C2H6/c1-7-9-10-11-19(16-30)22-15-29(5)25-21(22)14-18(8-2)24(28-25)20-12-13-23(17(3)4)27-26(20)31-6;1-2/h12-15,17,19,30H,7-11,16H2,1-6H3;1-2H3/t19-;/m0./s1. The Kier molecular flexibility index (Phi) is 10.4. The highest BCUT2D eigenvalue weighted by molar-refractivity contribution is 5.86. The molecule has 0 aliphatic heterocycles. The highest BCUT2D eigenvalue weighted by Gasteiger charge is 2.21. The molecule has 5 nitrogen and oxygen atoms in total. The van der Waals surface area contributed by atoms with E-state index in [2.05, 4.69) is 56.7 Å². The number of ether oxygens (including phenoxy) is 1. The SMILES string of the molecule is CC.CCCCC[C@@H](CO)c1cn(C)c2nc(-c3ccc(C(C)C)nc3OC)c(CC)cc12. The fourth-order valence-corrected chi connectivity index (χ4v) is 4.29. The van der Waals surface area contributed by atoms with Crippen LogP contribution in [0.2, 0.25) is 0 Å². The molecule has 0 aliphatic carbocycles. The van der Waals surface area contributed by atoms with Gasteiger partial charge in [0.1, 0.15) is 5.65 Å². The van der Waals surface area contributed by atoms with Gasteiger partial charge in [0.15, 0.2) is 0 Å². The third kappa shape index (κ3) is 5.94. The highest BCUT2D eigenvalue weighted by Crippen LogP contribution is 2.36. The third-order valence-electron chi connectivity index (χ3n) is 6.18. The van der Waals surface area contributed by atoms with Gasteiger partial charge in [-0.3, -0.25) is 0 Å².